The standard InChI is InChI=1S/C19H23N3O5S/c1-12-10-16(22(24)25)11-17(13(12)2)28(26,27)21-20-18(23)14-6-8-15(9-7-14)19(3,4)5/h6-11,21H,1-5H3,(H,20,23). The first-order valence-corrected chi connectivity index (χ1v) is 9.99. The van der Waals surface area contributed by atoms with Gasteiger partial charge in [-0.2, -0.15) is 0 Å². The zero-order valence-corrected chi connectivity index (χ0v) is 17.2. The number of carbonyl (C=O) groups is 1. The number of hydrazine groups is 1. The second-order valence-electron chi connectivity index (χ2n) is 7.53. The molecule has 0 aliphatic heterocycles. The predicted octanol–water partition coefficient (Wildman–Crippen LogP) is 3.13. The van der Waals surface area contributed by atoms with Gasteiger partial charge in [-0.3, -0.25) is 20.3 Å². The predicted molar refractivity (Wildman–Crippen MR) is 106 cm³/mol. The number of hydrogen-bond donors (Lipinski definition) is 2. The summed E-state index contributed by atoms with van der Waals surface area (Å²) in [6.45, 7) is 9.25. The topological polar surface area (TPSA) is 118 Å². The molecule has 2 aromatic carbocycles. The van der Waals surface area contributed by atoms with Crippen molar-refractivity contribution >= 4 is 21.6 Å². The van der Waals surface area contributed by atoms with E-state index in [0.29, 0.717) is 11.1 Å². The molecule has 28 heavy (non-hydrogen) atoms. The van der Waals surface area contributed by atoms with Crippen molar-refractivity contribution in [1.82, 2.24) is 10.3 Å². The van der Waals surface area contributed by atoms with E-state index >= 15 is 0 Å². The lowest BCUT2D eigenvalue weighted by Gasteiger charge is -2.19. The summed E-state index contributed by atoms with van der Waals surface area (Å²) in [4.78, 5) is 24.4. The number of non-ortho nitro benzene ring substituents is 1. The lowest BCUT2D eigenvalue weighted by molar-refractivity contribution is -0.385. The number of carbonyl (C=O) groups excluding carboxylic acids is 1. The van der Waals surface area contributed by atoms with Gasteiger partial charge >= 0.3 is 0 Å². The van der Waals surface area contributed by atoms with Gasteiger partial charge in [0.2, 0.25) is 0 Å². The molecule has 150 valence electrons. The summed E-state index contributed by atoms with van der Waals surface area (Å²) in [6, 6.07) is 9.08. The van der Waals surface area contributed by atoms with Crippen molar-refractivity contribution in [1.29, 1.82) is 0 Å². The molecule has 0 saturated carbocycles. The lowest BCUT2D eigenvalue weighted by atomic mass is 9.87. The highest BCUT2D eigenvalue weighted by Crippen LogP contribution is 2.25. The van der Waals surface area contributed by atoms with Gasteiger partial charge in [0.25, 0.3) is 21.6 Å². The highest BCUT2D eigenvalue weighted by atomic mass is 32.2. The van der Waals surface area contributed by atoms with Crippen LogP contribution in [-0.2, 0) is 15.4 Å². The van der Waals surface area contributed by atoms with E-state index in [-0.39, 0.29) is 21.6 Å². The molecule has 2 aromatic rings. The van der Waals surface area contributed by atoms with E-state index in [4.69, 9.17) is 0 Å². The van der Waals surface area contributed by atoms with Gasteiger partial charge < -0.3 is 0 Å². The van der Waals surface area contributed by atoms with Gasteiger partial charge in [0, 0.05) is 17.7 Å². The van der Waals surface area contributed by atoms with E-state index in [9.17, 15) is 23.3 Å². The van der Waals surface area contributed by atoms with Crippen molar-refractivity contribution in [3.63, 3.8) is 0 Å². The van der Waals surface area contributed by atoms with E-state index < -0.39 is 20.9 Å². The van der Waals surface area contributed by atoms with Crippen LogP contribution >= 0.6 is 0 Å². The first kappa shape index (κ1) is 21.5. The van der Waals surface area contributed by atoms with E-state index in [2.05, 4.69) is 5.43 Å². The number of benzene rings is 2. The van der Waals surface area contributed by atoms with Crippen LogP contribution in [0.3, 0.4) is 0 Å². The molecule has 0 saturated heterocycles. The molecule has 0 spiro atoms. The number of nitrogens with zero attached hydrogens (tertiary/aromatic N) is 1. The highest BCUT2D eigenvalue weighted by Gasteiger charge is 2.23. The maximum atomic E-state index is 12.6. The van der Waals surface area contributed by atoms with Crippen LogP contribution in [0.25, 0.3) is 0 Å². The second-order valence-corrected chi connectivity index (χ2v) is 9.18. The molecule has 0 unspecified atom stereocenters. The zero-order valence-electron chi connectivity index (χ0n) is 16.4. The highest BCUT2D eigenvalue weighted by molar-refractivity contribution is 7.89. The Bertz CT molecular complexity index is 1020. The number of aryl methyl sites for hydroxylation is 1. The molecule has 0 atom stereocenters. The Labute approximate surface area is 164 Å². The van der Waals surface area contributed by atoms with Gasteiger partial charge in [-0.25, -0.2) is 8.42 Å². The maximum Gasteiger partial charge on any atom is 0.271 e. The quantitative estimate of drug-likeness (QED) is 0.585. The van der Waals surface area contributed by atoms with Crippen LogP contribution in [0.5, 0.6) is 0 Å². The Balaban J connectivity index is 2.22. The Kier molecular flexibility index (Phi) is 5.91. The Morgan fingerprint density at radius 2 is 1.64 bits per heavy atom. The van der Waals surface area contributed by atoms with Crippen LogP contribution in [0, 0.1) is 24.0 Å². The van der Waals surface area contributed by atoms with E-state index in [0.717, 1.165) is 11.6 Å². The van der Waals surface area contributed by atoms with E-state index in [1.54, 1.807) is 38.1 Å². The van der Waals surface area contributed by atoms with Crippen LogP contribution in [0.15, 0.2) is 41.3 Å². The minimum absolute atomic E-state index is 0.0754. The molecule has 2 N–H and O–H groups in total. The third-order valence-corrected chi connectivity index (χ3v) is 5.79. The third-order valence-electron chi connectivity index (χ3n) is 4.42. The van der Waals surface area contributed by atoms with Crippen LogP contribution in [0.2, 0.25) is 0 Å². The number of hydrogen-bond acceptors (Lipinski definition) is 5. The van der Waals surface area contributed by atoms with E-state index in [1.807, 2.05) is 25.6 Å². The molecule has 0 fully saturated rings. The largest absolute Gasteiger partial charge is 0.273 e. The number of nitrogens with one attached hydrogen (secondary N) is 2. The first-order valence-electron chi connectivity index (χ1n) is 8.51. The molecule has 0 aliphatic carbocycles. The number of sulfonamides is 1. The first-order chi connectivity index (χ1) is 12.8. The van der Waals surface area contributed by atoms with Crippen LogP contribution in [0.4, 0.5) is 5.69 Å². The summed E-state index contributed by atoms with van der Waals surface area (Å²) >= 11 is 0. The molecule has 9 heteroatoms. The summed E-state index contributed by atoms with van der Waals surface area (Å²) in [5.41, 5.74) is 3.86. The second kappa shape index (κ2) is 7.69. The molecule has 0 aromatic heterocycles. The average molecular weight is 405 g/mol. The van der Waals surface area contributed by atoms with Crippen LogP contribution < -0.4 is 10.3 Å². The number of nitro benzene ring substituents is 1. The molecule has 2 rings (SSSR count). The molecular formula is C19H23N3O5S. The minimum atomic E-state index is -4.19. The van der Waals surface area contributed by atoms with Crippen LogP contribution in [-0.4, -0.2) is 19.2 Å². The number of nitro groups is 1. The summed E-state index contributed by atoms with van der Waals surface area (Å²) in [5.74, 6) is -0.635. The average Bonchev–Trinajstić information content (AvgIpc) is 2.61. The van der Waals surface area contributed by atoms with Crippen molar-refractivity contribution in [2.75, 3.05) is 0 Å². The fourth-order valence-electron chi connectivity index (χ4n) is 2.56. The minimum Gasteiger partial charge on any atom is -0.273 e. The summed E-state index contributed by atoms with van der Waals surface area (Å²) in [5, 5.41) is 11.0. The van der Waals surface area contributed by atoms with Crippen LogP contribution in [0.1, 0.15) is 47.8 Å². The van der Waals surface area contributed by atoms with E-state index in [1.165, 1.54) is 6.07 Å². The Hall–Kier alpha value is -2.78. The summed E-state index contributed by atoms with van der Waals surface area (Å²) < 4.78 is 25.1. The Morgan fingerprint density at radius 1 is 1.07 bits per heavy atom. The smallest absolute Gasteiger partial charge is 0.271 e. The fraction of sp³-hybridized carbons (Fsp3) is 0.316. The third kappa shape index (κ3) is 4.73. The summed E-state index contributed by atoms with van der Waals surface area (Å²) in [7, 11) is -4.19. The molecule has 0 aliphatic rings. The van der Waals surface area contributed by atoms with Gasteiger partial charge in [0.1, 0.15) is 0 Å². The lowest BCUT2D eigenvalue weighted by Crippen LogP contribution is -2.41. The molecule has 8 nitrogen and oxygen atoms in total. The molecule has 0 bridgehead atoms. The van der Waals surface area contributed by atoms with Gasteiger partial charge in [0.15, 0.2) is 0 Å². The molecule has 0 radical (unpaired) electrons. The molecular weight excluding hydrogens is 382 g/mol. The molecule has 1 amide bonds. The van der Waals surface area contributed by atoms with Gasteiger partial charge in [0.05, 0.1) is 9.82 Å². The number of amides is 1. The van der Waals surface area contributed by atoms with Crippen molar-refractivity contribution in [3.8, 4) is 0 Å². The normalized spacial score (nSPS) is 11.9. The SMILES string of the molecule is Cc1cc([N+](=O)[O-])cc(S(=O)(=O)NNC(=O)c2ccc(C(C)(C)C)cc2)c1C. The van der Waals surface area contributed by atoms with Gasteiger partial charge in [-0.15, -0.1) is 4.83 Å². The fourth-order valence-corrected chi connectivity index (χ4v) is 3.73. The number of rotatable bonds is 5. The Morgan fingerprint density at radius 3 is 2.14 bits per heavy atom. The van der Waals surface area contributed by atoms with Crippen molar-refractivity contribution in [3.05, 3.63) is 68.8 Å². The van der Waals surface area contributed by atoms with Gasteiger partial charge in [-0.05, 0) is 48.1 Å². The van der Waals surface area contributed by atoms with Crippen molar-refractivity contribution in [2.24, 2.45) is 0 Å². The monoisotopic (exact) mass is 405 g/mol. The molecule has 0 heterocycles. The summed E-state index contributed by atoms with van der Waals surface area (Å²) in [6.07, 6.45) is 0. The zero-order chi connectivity index (χ0) is 21.3. The van der Waals surface area contributed by atoms with Gasteiger partial charge in [-0.1, -0.05) is 32.9 Å². The van der Waals surface area contributed by atoms with Crippen molar-refractivity contribution < 1.29 is 18.1 Å². The maximum absolute atomic E-state index is 12.6. The van der Waals surface area contributed by atoms with Crippen molar-refractivity contribution in [2.45, 2.75) is 44.9 Å².